The maximum absolute atomic E-state index is 12.8. The SMILES string of the molecule is CCCCC/C(F)=C/CCCO. The molecule has 72 valence electrons. The smallest absolute Gasteiger partial charge is 0.0959 e. The van der Waals surface area contributed by atoms with Crippen LogP contribution in [0.2, 0.25) is 0 Å². The molecule has 1 nitrogen and oxygen atoms in total. The van der Waals surface area contributed by atoms with Crippen molar-refractivity contribution in [3.8, 4) is 0 Å². The van der Waals surface area contributed by atoms with Crippen LogP contribution >= 0.6 is 0 Å². The van der Waals surface area contributed by atoms with Gasteiger partial charge in [-0.2, -0.15) is 0 Å². The molecular formula is C10H19FO. The standard InChI is InChI=1S/C10H19FO/c1-2-3-4-7-10(11)8-5-6-9-12/h8,12H,2-7,9H2,1H3/b10-8-. The topological polar surface area (TPSA) is 20.2 Å². The van der Waals surface area contributed by atoms with Gasteiger partial charge in [0.2, 0.25) is 0 Å². The summed E-state index contributed by atoms with van der Waals surface area (Å²) < 4.78 is 12.8. The second kappa shape index (κ2) is 8.72. The van der Waals surface area contributed by atoms with Crippen molar-refractivity contribution < 1.29 is 9.50 Å². The summed E-state index contributed by atoms with van der Waals surface area (Å²) in [6.07, 6.45) is 6.66. The molecule has 0 aliphatic rings. The average Bonchev–Trinajstić information content (AvgIpc) is 2.06. The summed E-state index contributed by atoms with van der Waals surface area (Å²) >= 11 is 0. The van der Waals surface area contributed by atoms with Crippen molar-refractivity contribution in [2.24, 2.45) is 0 Å². The first-order chi connectivity index (χ1) is 5.81. The first kappa shape index (κ1) is 11.6. The molecule has 0 aromatic rings. The zero-order valence-corrected chi connectivity index (χ0v) is 7.85. The molecule has 12 heavy (non-hydrogen) atoms. The van der Waals surface area contributed by atoms with Gasteiger partial charge in [-0.1, -0.05) is 25.8 Å². The van der Waals surface area contributed by atoms with Crippen LogP contribution in [0.1, 0.15) is 45.4 Å². The highest BCUT2D eigenvalue weighted by atomic mass is 19.1. The molecule has 0 fully saturated rings. The van der Waals surface area contributed by atoms with Crippen molar-refractivity contribution in [3.05, 3.63) is 11.9 Å². The summed E-state index contributed by atoms with van der Waals surface area (Å²) in [4.78, 5) is 0. The molecule has 0 bridgehead atoms. The van der Waals surface area contributed by atoms with E-state index in [9.17, 15) is 4.39 Å². The Balaban J connectivity index is 3.29. The van der Waals surface area contributed by atoms with Gasteiger partial charge in [0.15, 0.2) is 0 Å². The second-order valence-electron chi connectivity index (χ2n) is 2.97. The van der Waals surface area contributed by atoms with Gasteiger partial charge >= 0.3 is 0 Å². The number of aliphatic hydroxyl groups is 1. The van der Waals surface area contributed by atoms with Crippen molar-refractivity contribution >= 4 is 0 Å². The molecule has 0 amide bonds. The van der Waals surface area contributed by atoms with E-state index in [0.717, 1.165) is 19.3 Å². The minimum Gasteiger partial charge on any atom is -0.396 e. The molecule has 0 aromatic carbocycles. The van der Waals surface area contributed by atoms with Crippen LogP contribution in [0.15, 0.2) is 11.9 Å². The molecule has 0 aliphatic heterocycles. The number of halogens is 1. The number of allylic oxidation sites excluding steroid dienone is 2. The molecule has 1 N–H and O–H groups in total. The summed E-state index contributed by atoms with van der Waals surface area (Å²) in [7, 11) is 0. The Hall–Kier alpha value is -0.370. The first-order valence-electron chi connectivity index (χ1n) is 4.76. The number of unbranched alkanes of at least 4 members (excludes halogenated alkanes) is 3. The molecule has 0 unspecified atom stereocenters. The number of aliphatic hydroxyl groups excluding tert-OH is 1. The van der Waals surface area contributed by atoms with Gasteiger partial charge < -0.3 is 5.11 Å². The van der Waals surface area contributed by atoms with Crippen LogP contribution in [0.25, 0.3) is 0 Å². The second-order valence-corrected chi connectivity index (χ2v) is 2.97. The Morgan fingerprint density at radius 1 is 1.33 bits per heavy atom. The van der Waals surface area contributed by atoms with Crippen molar-refractivity contribution in [2.45, 2.75) is 45.4 Å². The summed E-state index contributed by atoms with van der Waals surface area (Å²) in [5, 5.41) is 8.44. The maximum atomic E-state index is 12.8. The van der Waals surface area contributed by atoms with Crippen molar-refractivity contribution in [3.63, 3.8) is 0 Å². The molecule has 2 heteroatoms. The zero-order chi connectivity index (χ0) is 9.23. The van der Waals surface area contributed by atoms with Crippen LogP contribution in [-0.2, 0) is 0 Å². The lowest BCUT2D eigenvalue weighted by Gasteiger charge is -1.96. The summed E-state index contributed by atoms with van der Waals surface area (Å²) in [6.45, 7) is 2.26. The molecule has 0 saturated carbocycles. The molecule has 0 aliphatic carbocycles. The largest absolute Gasteiger partial charge is 0.396 e. The molecule has 0 spiro atoms. The van der Waals surface area contributed by atoms with E-state index in [1.54, 1.807) is 6.08 Å². The lowest BCUT2D eigenvalue weighted by atomic mass is 10.1. The Morgan fingerprint density at radius 3 is 2.67 bits per heavy atom. The predicted molar refractivity (Wildman–Crippen MR) is 49.7 cm³/mol. The Morgan fingerprint density at radius 2 is 2.08 bits per heavy atom. The first-order valence-corrected chi connectivity index (χ1v) is 4.76. The predicted octanol–water partition coefficient (Wildman–Crippen LogP) is 3.19. The van der Waals surface area contributed by atoms with Crippen molar-refractivity contribution in [1.29, 1.82) is 0 Å². The van der Waals surface area contributed by atoms with Crippen LogP contribution in [0, 0.1) is 0 Å². The molecule has 0 heterocycles. The Bertz CT molecular complexity index is 121. The van der Waals surface area contributed by atoms with Crippen LogP contribution < -0.4 is 0 Å². The molecule has 0 aromatic heterocycles. The van der Waals surface area contributed by atoms with Crippen LogP contribution in [0.5, 0.6) is 0 Å². The summed E-state index contributed by atoms with van der Waals surface area (Å²) in [5.74, 6) is -0.0168. The summed E-state index contributed by atoms with van der Waals surface area (Å²) in [6, 6.07) is 0. The van der Waals surface area contributed by atoms with Crippen molar-refractivity contribution in [2.75, 3.05) is 6.61 Å². The van der Waals surface area contributed by atoms with E-state index in [1.165, 1.54) is 0 Å². The lowest BCUT2D eigenvalue weighted by Crippen LogP contribution is -1.81. The molecule has 0 rings (SSSR count). The van der Waals surface area contributed by atoms with Gasteiger partial charge in [-0.15, -0.1) is 0 Å². The van der Waals surface area contributed by atoms with Gasteiger partial charge in [-0.3, -0.25) is 0 Å². The molecule has 0 saturated heterocycles. The third kappa shape index (κ3) is 7.73. The highest BCUT2D eigenvalue weighted by molar-refractivity contribution is 4.90. The van der Waals surface area contributed by atoms with Crippen LogP contribution in [0.4, 0.5) is 4.39 Å². The van der Waals surface area contributed by atoms with Gasteiger partial charge in [0, 0.05) is 6.61 Å². The van der Waals surface area contributed by atoms with E-state index in [-0.39, 0.29) is 12.4 Å². The van der Waals surface area contributed by atoms with E-state index in [2.05, 4.69) is 6.92 Å². The van der Waals surface area contributed by atoms with Gasteiger partial charge in [0.1, 0.15) is 0 Å². The van der Waals surface area contributed by atoms with Crippen molar-refractivity contribution in [1.82, 2.24) is 0 Å². The Kier molecular flexibility index (Phi) is 8.46. The fourth-order valence-corrected chi connectivity index (χ4v) is 0.996. The van der Waals surface area contributed by atoms with Crippen LogP contribution in [0.3, 0.4) is 0 Å². The molecular weight excluding hydrogens is 155 g/mol. The van der Waals surface area contributed by atoms with E-state index >= 15 is 0 Å². The van der Waals surface area contributed by atoms with Crippen LogP contribution in [-0.4, -0.2) is 11.7 Å². The Labute approximate surface area is 74.3 Å². The van der Waals surface area contributed by atoms with Gasteiger partial charge in [0.25, 0.3) is 0 Å². The number of hydrogen-bond donors (Lipinski definition) is 1. The normalized spacial score (nSPS) is 12.1. The van der Waals surface area contributed by atoms with E-state index in [0.29, 0.717) is 19.3 Å². The maximum Gasteiger partial charge on any atom is 0.0959 e. The summed E-state index contributed by atoms with van der Waals surface area (Å²) in [5.41, 5.74) is 0. The van der Waals surface area contributed by atoms with Gasteiger partial charge in [-0.25, -0.2) is 4.39 Å². The monoisotopic (exact) mass is 174 g/mol. The quantitative estimate of drug-likeness (QED) is 0.588. The third-order valence-corrected chi connectivity index (χ3v) is 1.75. The molecule has 0 atom stereocenters. The highest BCUT2D eigenvalue weighted by Crippen LogP contribution is 2.11. The number of hydrogen-bond acceptors (Lipinski definition) is 1. The minimum atomic E-state index is -0.0168. The zero-order valence-electron chi connectivity index (χ0n) is 7.85. The average molecular weight is 174 g/mol. The van der Waals surface area contributed by atoms with E-state index in [4.69, 9.17) is 5.11 Å². The van der Waals surface area contributed by atoms with E-state index in [1.807, 2.05) is 0 Å². The third-order valence-electron chi connectivity index (χ3n) is 1.75. The number of rotatable bonds is 7. The van der Waals surface area contributed by atoms with E-state index < -0.39 is 0 Å². The fraction of sp³-hybridized carbons (Fsp3) is 0.800. The molecule has 0 radical (unpaired) electrons. The fourth-order valence-electron chi connectivity index (χ4n) is 0.996. The highest BCUT2D eigenvalue weighted by Gasteiger charge is 1.93. The van der Waals surface area contributed by atoms with Gasteiger partial charge in [0.05, 0.1) is 5.83 Å². The van der Waals surface area contributed by atoms with Gasteiger partial charge in [-0.05, 0) is 25.7 Å². The minimum absolute atomic E-state index is 0.0168. The lowest BCUT2D eigenvalue weighted by molar-refractivity contribution is 0.289.